The lowest BCUT2D eigenvalue weighted by Gasteiger charge is -2.01. The number of rotatable bonds is 5. The van der Waals surface area contributed by atoms with Crippen molar-refractivity contribution in [3.8, 4) is 11.5 Å². The van der Waals surface area contributed by atoms with Crippen molar-refractivity contribution >= 4 is 11.6 Å². The number of amides is 1. The number of hydrogen-bond acceptors (Lipinski definition) is 6. The molecule has 0 spiro atoms. The fourth-order valence-electron chi connectivity index (χ4n) is 2.37. The molecule has 9 heteroatoms. The Morgan fingerprint density at radius 1 is 1.23 bits per heavy atom. The minimum atomic E-state index is -0.450. The fraction of sp³-hybridized carbons (Fsp3) is 0.0588. The number of benzene rings is 1. The number of aromatic nitrogens is 4. The van der Waals surface area contributed by atoms with Crippen LogP contribution in [-0.2, 0) is 6.54 Å². The summed E-state index contributed by atoms with van der Waals surface area (Å²) in [5.41, 5.74) is 1.79. The van der Waals surface area contributed by atoms with E-state index in [2.05, 4.69) is 20.7 Å². The normalized spacial score (nSPS) is 10.8. The number of nitrogens with zero attached hydrogens (tertiary/aromatic N) is 4. The van der Waals surface area contributed by atoms with Crippen LogP contribution in [0.25, 0.3) is 11.5 Å². The third-order valence-electron chi connectivity index (χ3n) is 3.56. The Labute approximate surface area is 146 Å². The molecule has 1 N–H and O–H groups in total. The van der Waals surface area contributed by atoms with E-state index in [-0.39, 0.29) is 11.5 Å². The summed E-state index contributed by atoms with van der Waals surface area (Å²) < 4.78 is 24.6. The van der Waals surface area contributed by atoms with Gasteiger partial charge in [0.2, 0.25) is 0 Å². The van der Waals surface area contributed by atoms with Gasteiger partial charge in [-0.25, -0.2) is 4.39 Å². The zero-order valence-electron chi connectivity index (χ0n) is 13.3. The van der Waals surface area contributed by atoms with Crippen LogP contribution >= 0.6 is 0 Å². The molecule has 0 aliphatic heterocycles. The van der Waals surface area contributed by atoms with Crippen molar-refractivity contribution in [2.75, 3.05) is 5.32 Å². The zero-order chi connectivity index (χ0) is 17.9. The molecule has 0 fully saturated rings. The number of hydrogen-bond donors (Lipinski definition) is 1. The van der Waals surface area contributed by atoms with Gasteiger partial charge in [-0.05, 0) is 17.7 Å². The molecule has 3 aromatic heterocycles. The van der Waals surface area contributed by atoms with E-state index in [4.69, 9.17) is 9.05 Å². The quantitative estimate of drug-likeness (QED) is 0.592. The first-order valence-corrected chi connectivity index (χ1v) is 7.63. The Hall–Kier alpha value is -3.75. The lowest BCUT2D eigenvalue weighted by molar-refractivity contribution is 0.101. The van der Waals surface area contributed by atoms with Gasteiger partial charge >= 0.3 is 0 Å². The standard InChI is InChI=1S/C17H12FN5O3/c18-12-3-1-2-11(6-12)9-23-10-13(8-19-23)20-17(24)15-7-16(26-22-15)14-4-5-25-21-14/h1-8,10H,9H2,(H,20,24). The number of halogens is 1. The van der Waals surface area contributed by atoms with Gasteiger partial charge in [-0.2, -0.15) is 5.10 Å². The molecular weight excluding hydrogens is 341 g/mol. The Bertz CT molecular complexity index is 1040. The molecule has 4 rings (SSSR count). The van der Waals surface area contributed by atoms with E-state index < -0.39 is 5.91 Å². The summed E-state index contributed by atoms with van der Waals surface area (Å²) in [5, 5.41) is 14.2. The van der Waals surface area contributed by atoms with Crippen LogP contribution in [0.15, 0.2) is 64.1 Å². The second kappa shape index (κ2) is 6.63. The minimum absolute atomic E-state index is 0.0980. The summed E-state index contributed by atoms with van der Waals surface area (Å²) in [6.45, 7) is 0.383. The summed E-state index contributed by atoms with van der Waals surface area (Å²) in [5.74, 6) is -0.434. The van der Waals surface area contributed by atoms with Crippen LogP contribution in [0, 0.1) is 5.82 Å². The van der Waals surface area contributed by atoms with Crippen molar-refractivity contribution in [2.45, 2.75) is 6.54 Å². The predicted molar refractivity (Wildman–Crippen MR) is 87.7 cm³/mol. The Morgan fingerprint density at radius 2 is 2.15 bits per heavy atom. The molecular formula is C17H12FN5O3. The average Bonchev–Trinajstić information content (AvgIpc) is 3.36. The van der Waals surface area contributed by atoms with Crippen LogP contribution in [0.3, 0.4) is 0 Å². The number of anilines is 1. The van der Waals surface area contributed by atoms with Gasteiger partial charge in [0.15, 0.2) is 17.1 Å². The molecule has 130 valence electrons. The van der Waals surface area contributed by atoms with Gasteiger partial charge < -0.3 is 14.4 Å². The maximum Gasteiger partial charge on any atom is 0.277 e. The largest absolute Gasteiger partial charge is 0.364 e. The van der Waals surface area contributed by atoms with E-state index >= 15 is 0 Å². The van der Waals surface area contributed by atoms with Gasteiger partial charge in [0.25, 0.3) is 5.91 Å². The van der Waals surface area contributed by atoms with Gasteiger partial charge in [0, 0.05) is 18.3 Å². The lowest BCUT2D eigenvalue weighted by Crippen LogP contribution is -2.11. The monoisotopic (exact) mass is 353 g/mol. The van der Waals surface area contributed by atoms with Crippen molar-refractivity contribution in [1.29, 1.82) is 0 Å². The van der Waals surface area contributed by atoms with Crippen molar-refractivity contribution in [2.24, 2.45) is 0 Å². The SMILES string of the molecule is O=C(Nc1cnn(Cc2cccc(F)c2)c1)c1cc(-c2ccon2)on1. The molecule has 0 aliphatic rings. The lowest BCUT2D eigenvalue weighted by atomic mass is 10.2. The van der Waals surface area contributed by atoms with E-state index in [1.807, 2.05) is 0 Å². The molecule has 0 radical (unpaired) electrons. The highest BCUT2D eigenvalue weighted by Gasteiger charge is 2.16. The third-order valence-corrected chi connectivity index (χ3v) is 3.56. The first-order chi connectivity index (χ1) is 12.7. The number of nitrogens with one attached hydrogen (secondary N) is 1. The first kappa shape index (κ1) is 15.8. The van der Waals surface area contributed by atoms with Crippen LogP contribution in [0.1, 0.15) is 16.1 Å². The molecule has 4 aromatic rings. The summed E-state index contributed by atoms with van der Waals surface area (Å²) in [4.78, 5) is 12.2. The number of carbonyl (C=O) groups is 1. The molecule has 0 saturated heterocycles. The predicted octanol–water partition coefficient (Wildman–Crippen LogP) is 2.97. The molecule has 0 atom stereocenters. The summed E-state index contributed by atoms with van der Waals surface area (Å²) in [6, 6.07) is 9.30. The highest BCUT2D eigenvalue weighted by atomic mass is 19.1. The maximum absolute atomic E-state index is 13.2. The molecule has 1 amide bonds. The molecule has 0 aliphatic carbocycles. The second-order valence-electron chi connectivity index (χ2n) is 5.47. The summed E-state index contributed by atoms with van der Waals surface area (Å²) in [7, 11) is 0. The van der Waals surface area contributed by atoms with E-state index in [0.29, 0.717) is 23.7 Å². The highest BCUT2D eigenvalue weighted by Crippen LogP contribution is 2.18. The summed E-state index contributed by atoms with van der Waals surface area (Å²) >= 11 is 0. The van der Waals surface area contributed by atoms with E-state index in [0.717, 1.165) is 5.56 Å². The van der Waals surface area contributed by atoms with Crippen molar-refractivity contribution in [3.63, 3.8) is 0 Å². The Balaban J connectivity index is 1.43. The molecule has 3 heterocycles. The van der Waals surface area contributed by atoms with E-state index in [1.165, 1.54) is 30.7 Å². The highest BCUT2D eigenvalue weighted by molar-refractivity contribution is 6.03. The van der Waals surface area contributed by atoms with Crippen LogP contribution in [-0.4, -0.2) is 26.0 Å². The Morgan fingerprint density at radius 3 is 2.96 bits per heavy atom. The maximum atomic E-state index is 13.2. The van der Waals surface area contributed by atoms with Gasteiger partial charge in [-0.3, -0.25) is 9.48 Å². The van der Waals surface area contributed by atoms with Crippen molar-refractivity contribution in [3.05, 3.63) is 72.1 Å². The van der Waals surface area contributed by atoms with Crippen LogP contribution in [0.4, 0.5) is 10.1 Å². The third kappa shape index (κ3) is 3.36. The molecule has 8 nitrogen and oxygen atoms in total. The number of carbonyl (C=O) groups excluding carboxylic acids is 1. The van der Waals surface area contributed by atoms with Crippen molar-refractivity contribution in [1.82, 2.24) is 20.1 Å². The van der Waals surface area contributed by atoms with Gasteiger partial charge in [0.05, 0.1) is 18.4 Å². The van der Waals surface area contributed by atoms with E-state index in [9.17, 15) is 9.18 Å². The van der Waals surface area contributed by atoms with Crippen molar-refractivity contribution < 1.29 is 18.2 Å². The van der Waals surface area contributed by atoms with Gasteiger partial charge in [-0.1, -0.05) is 22.4 Å². The molecule has 0 saturated carbocycles. The first-order valence-electron chi connectivity index (χ1n) is 7.63. The topological polar surface area (TPSA) is 99.0 Å². The average molecular weight is 353 g/mol. The van der Waals surface area contributed by atoms with Gasteiger partial charge in [0.1, 0.15) is 12.1 Å². The summed E-state index contributed by atoms with van der Waals surface area (Å²) in [6.07, 6.45) is 4.53. The Kier molecular flexibility index (Phi) is 4.02. The van der Waals surface area contributed by atoms with Gasteiger partial charge in [-0.15, -0.1) is 0 Å². The van der Waals surface area contributed by atoms with E-state index in [1.54, 1.807) is 29.1 Å². The van der Waals surface area contributed by atoms with Crippen LogP contribution < -0.4 is 5.32 Å². The molecule has 0 unspecified atom stereocenters. The zero-order valence-corrected chi connectivity index (χ0v) is 13.3. The van der Waals surface area contributed by atoms with Crippen LogP contribution in [0.2, 0.25) is 0 Å². The molecule has 1 aromatic carbocycles. The van der Waals surface area contributed by atoms with Crippen LogP contribution in [0.5, 0.6) is 0 Å². The molecule has 0 bridgehead atoms. The minimum Gasteiger partial charge on any atom is -0.364 e. The smallest absolute Gasteiger partial charge is 0.277 e. The molecule has 26 heavy (non-hydrogen) atoms. The second-order valence-corrected chi connectivity index (χ2v) is 5.47. The fourth-order valence-corrected chi connectivity index (χ4v) is 2.37.